The number of fused-ring (bicyclic) bond motifs is 1. The Morgan fingerprint density at radius 3 is 2.37 bits per heavy atom. The molecule has 7 rings (SSSR count). The number of aromatic nitrogens is 2. The molecule has 1 aliphatic heterocycles. The first-order valence-electron chi connectivity index (χ1n) is 14.7. The van der Waals surface area contributed by atoms with E-state index >= 15 is 0 Å². The summed E-state index contributed by atoms with van der Waals surface area (Å²) >= 11 is 3.48. The van der Waals surface area contributed by atoms with E-state index in [0.29, 0.717) is 39.6 Å². The molecule has 1 aromatic heterocycles. The van der Waals surface area contributed by atoms with E-state index < -0.39 is 11.9 Å². The molecule has 5 aliphatic rings. The average molecular weight is 584 g/mol. The highest BCUT2D eigenvalue weighted by atomic mass is 79.9. The maximum Gasteiger partial charge on any atom is 0.263 e. The van der Waals surface area contributed by atoms with E-state index in [4.69, 9.17) is 4.98 Å². The zero-order valence-corrected chi connectivity index (χ0v) is 23.7. The molecule has 4 saturated carbocycles. The predicted molar refractivity (Wildman–Crippen MR) is 151 cm³/mol. The van der Waals surface area contributed by atoms with Crippen molar-refractivity contribution >= 4 is 38.6 Å². The van der Waals surface area contributed by atoms with Crippen molar-refractivity contribution in [1.82, 2.24) is 20.2 Å². The molecule has 204 valence electrons. The summed E-state index contributed by atoms with van der Waals surface area (Å²) in [6, 6.07) is 4.83. The molecular formula is C30H39BrN4O3. The SMILES string of the molecule is O=C1CCC(n2c(CCCCCCCNC34CC5CC(CC(C5)C3)C4)nc3cccc(Br)c3c2=O)C(=O)N1. The van der Waals surface area contributed by atoms with Crippen LogP contribution in [0.15, 0.2) is 27.5 Å². The van der Waals surface area contributed by atoms with E-state index in [1.807, 2.05) is 18.2 Å². The molecule has 1 aromatic carbocycles. The second-order valence-electron chi connectivity index (χ2n) is 12.4. The van der Waals surface area contributed by atoms with Gasteiger partial charge in [-0.1, -0.05) is 25.3 Å². The minimum Gasteiger partial charge on any atom is -0.311 e. The number of rotatable bonds is 10. The van der Waals surface area contributed by atoms with Gasteiger partial charge in [0.1, 0.15) is 11.9 Å². The highest BCUT2D eigenvalue weighted by Crippen LogP contribution is 2.55. The quantitative estimate of drug-likeness (QED) is 0.297. The number of piperidine rings is 1. The number of hydrogen-bond acceptors (Lipinski definition) is 5. The van der Waals surface area contributed by atoms with E-state index in [-0.39, 0.29) is 17.9 Å². The van der Waals surface area contributed by atoms with Crippen LogP contribution in [0.2, 0.25) is 0 Å². The third-order valence-electron chi connectivity index (χ3n) is 9.59. The van der Waals surface area contributed by atoms with Gasteiger partial charge in [-0.05, 0) is 110 Å². The highest BCUT2D eigenvalue weighted by Gasteiger charge is 2.50. The molecule has 1 unspecified atom stereocenters. The fourth-order valence-corrected chi connectivity index (χ4v) is 8.82. The van der Waals surface area contributed by atoms with Crippen LogP contribution in [-0.4, -0.2) is 33.4 Å². The third kappa shape index (κ3) is 5.23. The Morgan fingerprint density at radius 1 is 0.974 bits per heavy atom. The summed E-state index contributed by atoms with van der Waals surface area (Å²) in [6.45, 7) is 1.13. The molecule has 0 radical (unpaired) electrons. The van der Waals surface area contributed by atoms with E-state index in [1.54, 1.807) is 4.57 Å². The van der Waals surface area contributed by atoms with Gasteiger partial charge in [-0.3, -0.25) is 24.3 Å². The van der Waals surface area contributed by atoms with Crippen molar-refractivity contribution in [1.29, 1.82) is 0 Å². The lowest BCUT2D eigenvalue weighted by atomic mass is 9.53. The van der Waals surface area contributed by atoms with Gasteiger partial charge < -0.3 is 5.32 Å². The Labute approximate surface area is 232 Å². The molecule has 4 aliphatic carbocycles. The van der Waals surface area contributed by atoms with Crippen LogP contribution in [0.1, 0.15) is 95.3 Å². The molecule has 4 bridgehead atoms. The Hall–Kier alpha value is -2.06. The summed E-state index contributed by atoms with van der Waals surface area (Å²) in [4.78, 5) is 42.8. The van der Waals surface area contributed by atoms with Crippen molar-refractivity contribution in [2.24, 2.45) is 17.8 Å². The number of imide groups is 1. The van der Waals surface area contributed by atoms with Crippen molar-refractivity contribution in [2.75, 3.05) is 6.54 Å². The van der Waals surface area contributed by atoms with Gasteiger partial charge in [-0.15, -0.1) is 0 Å². The normalized spacial score (nSPS) is 30.2. The van der Waals surface area contributed by atoms with Crippen molar-refractivity contribution in [3.8, 4) is 0 Å². The van der Waals surface area contributed by atoms with Crippen LogP contribution in [0.4, 0.5) is 0 Å². The molecule has 2 aromatic rings. The van der Waals surface area contributed by atoms with Crippen LogP contribution in [0.3, 0.4) is 0 Å². The second kappa shape index (κ2) is 10.8. The minimum absolute atomic E-state index is 0.220. The molecule has 8 heteroatoms. The number of nitrogens with zero attached hydrogens (tertiary/aromatic N) is 2. The van der Waals surface area contributed by atoms with Crippen molar-refractivity contribution in [3.05, 3.63) is 38.9 Å². The Morgan fingerprint density at radius 2 is 1.66 bits per heavy atom. The summed E-state index contributed by atoms with van der Waals surface area (Å²) in [7, 11) is 0. The fraction of sp³-hybridized carbons (Fsp3) is 0.667. The molecule has 1 saturated heterocycles. The van der Waals surface area contributed by atoms with Gasteiger partial charge in [-0.25, -0.2) is 4.98 Å². The van der Waals surface area contributed by atoms with Crippen LogP contribution in [0.5, 0.6) is 0 Å². The van der Waals surface area contributed by atoms with E-state index in [0.717, 1.165) is 43.6 Å². The first-order chi connectivity index (χ1) is 18.4. The van der Waals surface area contributed by atoms with E-state index in [9.17, 15) is 14.4 Å². The molecule has 5 fully saturated rings. The number of hydrogen-bond donors (Lipinski definition) is 2. The Kier molecular flexibility index (Phi) is 7.47. The van der Waals surface area contributed by atoms with E-state index in [2.05, 4.69) is 26.6 Å². The second-order valence-corrected chi connectivity index (χ2v) is 13.3. The van der Waals surface area contributed by atoms with Crippen LogP contribution in [-0.2, 0) is 16.0 Å². The number of nitrogens with one attached hydrogen (secondary N) is 2. The molecule has 1 atom stereocenters. The molecule has 2 amide bonds. The third-order valence-corrected chi connectivity index (χ3v) is 10.2. The summed E-state index contributed by atoms with van der Waals surface area (Å²) in [5, 5.41) is 6.89. The van der Waals surface area contributed by atoms with Crippen LogP contribution in [0.25, 0.3) is 10.9 Å². The number of benzene rings is 1. The summed E-state index contributed by atoms with van der Waals surface area (Å²) in [5.41, 5.74) is 0.868. The summed E-state index contributed by atoms with van der Waals surface area (Å²) < 4.78 is 2.21. The molecule has 7 nitrogen and oxygen atoms in total. The van der Waals surface area contributed by atoms with Gasteiger partial charge in [0.2, 0.25) is 11.8 Å². The predicted octanol–water partition coefficient (Wildman–Crippen LogP) is 5.19. The van der Waals surface area contributed by atoms with Crippen molar-refractivity contribution in [3.63, 3.8) is 0 Å². The lowest BCUT2D eigenvalue weighted by molar-refractivity contribution is -0.135. The Balaban J connectivity index is 1.03. The maximum absolute atomic E-state index is 13.6. The number of carbonyl (C=O) groups is 2. The lowest BCUT2D eigenvalue weighted by Crippen LogP contribution is -2.58. The van der Waals surface area contributed by atoms with Crippen LogP contribution in [0, 0.1) is 17.8 Å². The molecule has 2 heterocycles. The van der Waals surface area contributed by atoms with Crippen molar-refractivity contribution < 1.29 is 9.59 Å². The standard InChI is InChI=1S/C30H39BrN4O3/c31-22-7-6-8-23-27(22)29(38)35(24-10-11-26(36)34-28(24)37)25(33-23)9-4-2-1-3-5-12-32-30-16-19-13-20(17-30)15-21(14-19)18-30/h6-8,19-21,24,32H,1-5,9-18H2,(H,34,36,37). The van der Waals surface area contributed by atoms with E-state index in [1.165, 1.54) is 51.4 Å². The van der Waals surface area contributed by atoms with Gasteiger partial charge >= 0.3 is 0 Å². The summed E-state index contributed by atoms with van der Waals surface area (Å²) in [6.07, 6.45) is 15.4. The fourth-order valence-electron chi connectivity index (χ4n) is 8.29. The minimum atomic E-state index is -0.699. The largest absolute Gasteiger partial charge is 0.311 e. The average Bonchev–Trinajstić information content (AvgIpc) is 2.85. The molecule has 38 heavy (non-hydrogen) atoms. The lowest BCUT2D eigenvalue weighted by Gasteiger charge is -2.57. The smallest absolute Gasteiger partial charge is 0.263 e. The monoisotopic (exact) mass is 582 g/mol. The van der Waals surface area contributed by atoms with Crippen molar-refractivity contribution in [2.45, 2.75) is 101 Å². The maximum atomic E-state index is 13.6. The topological polar surface area (TPSA) is 93.1 Å². The van der Waals surface area contributed by atoms with Gasteiger partial charge in [-0.2, -0.15) is 0 Å². The van der Waals surface area contributed by atoms with Gasteiger partial charge in [0.15, 0.2) is 0 Å². The van der Waals surface area contributed by atoms with Gasteiger partial charge in [0, 0.05) is 22.9 Å². The highest BCUT2D eigenvalue weighted by molar-refractivity contribution is 9.10. The van der Waals surface area contributed by atoms with Gasteiger partial charge in [0.05, 0.1) is 10.9 Å². The first kappa shape index (κ1) is 26.2. The van der Waals surface area contributed by atoms with Crippen LogP contribution >= 0.6 is 15.9 Å². The summed E-state index contributed by atoms with van der Waals surface area (Å²) in [5.74, 6) is 2.89. The molecule has 2 N–H and O–H groups in total. The number of unbranched alkanes of at least 4 members (excludes halogenated alkanes) is 4. The first-order valence-corrected chi connectivity index (χ1v) is 15.5. The molecule has 0 spiro atoms. The zero-order valence-electron chi connectivity index (χ0n) is 22.1. The number of halogens is 1. The number of amides is 2. The zero-order chi connectivity index (χ0) is 26.3. The number of aryl methyl sites for hydroxylation is 1. The Bertz CT molecular complexity index is 1250. The molecular weight excluding hydrogens is 544 g/mol. The van der Waals surface area contributed by atoms with Crippen LogP contribution < -0.4 is 16.2 Å². The number of carbonyl (C=O) groups excluding carboxylic acids is 2. The van der Waals surface area contributed by atoms with Gasteiger partial charge in [0.25, 0.3) is 5.56 Å².